The van der Waals surface area contributed by atoms with Crippen LogP contribution in [0.2, 0.25) is 5.02 Å². The highest BCUT2D eigenvalue weighted by molar-refractivity contribution is 6.31. The molecular weight excluding hydrogens is 282 g/mol. The van der Waals surface area contributed by atoms with Crippen molar-refractivity contribution in [3.8, 4) is 0 Å². The fourth-order valence-corrected chi connectivity index (χ4v) is 3.43. The molecule has 3 rings (SSSR count). The van der Waals surface area contributed by atoms with Gasteiger partial charge in [-0.05, 0) is 38.3 Å². The number of hydrogen-bond acceptors (Lipinski definition) is 2. The normalized spacial score (nSPS) is 17.1. The first-order valence-electron chi connectivity index (χ1n) is 7.71. The Balaban J connectivity index is 1.89. The molecule has 1 fully saturated rings. The van der Waals surface area contributed by atoms with E-state index in [0.717, 1.165) is 22.2 Å². The van der Waals surface area contributed by atoms with Gasteiger partial charge in [0, 0.05) is 17.3 Å². The number of benzene rings is 1. The molecule has 1 aliphatic carbocycles. The van der Waals surface area contributed by atoms with Gasteiger partial charge >= 0.3 is 0 Å². The van der Waals surface area contributed by atoms with Crippen LogP contribution in [0.4, 0.5) is 5.95 Å². The highest BCUT2D eigenvalue weighted by Gasteiger charge is 2.20. The number of aryl methyl sites for hydroxylation is 1. The Morgan fingerprint density at radius 1 is 1.29 bits per heavy atom. The number of nitrogens with one attached hydrogen (secondary N) is 1. The van der Waals surface area contributed by atoms with Gasteiger partial charge in [-0.25, -0.2) is 4.98 Å². The molecule has 21 heavy (non-hydrogen) atoms. The molecule has 1 N–H and O–H groups in total. The van der Waals surface area contributed by atoms with E-state index in [2.05, 4.69) is 34.1 Å². The number of nitrogens with zero attached hydrogens (tertiary/aromatic N) is 2. The SMILES string of the molecule is Cc1cn(C(C)c2ccccc2Cl)c(NC2CCCC2)n1. The molecule has 1 aromatic heterocycles. The number of hydrogen-bond donors (Lipinski definition) is 1. The quantitative estimate of drug-likeness (QED) is 0.878. The largest absolute Gasteiger partial charge is 0.353 e. The van der Waals surface area contributed by atoms with Crippen molar-refractivity contribution in [2.75, 3.05) is 5.32 Å². The Morgan fingerprint density at radius 2 is 2.00 bits per heavy atom. The minimum atomic E-state index is 0.170. The maximum Gasteiger partial charge on any atom is 0.203 e. The molecule has 0 saturated heterocycles. The van der Waals surface area contributed by atoms with Crippen molar-refractivity contribution >= 4 is 17.5 Å². The highest BCUT2D eigenvalue weighted by Crippen LogP contribution is 2.29. The average molecular weight is 304 g/mol. The monoisotopic (exact) mass is 303 g/mol. The Bertz CT molecular complexity index is 614. The lowest BCUT2D eigenvalue weighted by Crippen LogP contribution is -2.19. The van der Waals surface area contributed by atoms with Crippen LogP contribution in [-0.2, 0) is 0 Å². The molecule has 4 heteroatoms. The predicted octanol–water partition coefficient (Wildman–Crippen LogP) is 4.81. The van der Waals surface area contributed by atoms with Gasteiger partial charge in [0.25, 0.3) is 0 Å². The molecule has 1 atom stereocenters. The predicted molar refractivity (Wildman–Crippen MR) is 88.1 cm³/mol. The van der Waals surface area contributed by atoms with Gasteiger partial charge in [0.2, 0.25) is 5.95 Å². The lowest BCUT2D eigenvalue weighted by Gasteiger charge is -2.20. The van der Waals surface area contributed by atoms with Crippen LogP contribution in [0.5, 0.6) is 0 Å². The van der Waals surface area contributed by atoms with Crippen LogP contribution in [0.25, 0.3) is 0 Å². The van der Waals surface area contributed by atoms with Crippen LogP contribution in [0.1, 0.15) is 49.9 Å². The average Bonchev–Trinajstić information content (AvgIpc) is 3.09. The summed E-state index contributed by atoms with van der Waals surface area (Å²) >= 11 is 6.34. The van der Waals surface area contributed by atoms with E-state index in [4.69, 9.17) is 11.6 Å². The molecule has 112 valence electrons. The van der Waals surface area contributed by atoms with Gasteiger partial charge < -0.3 is 9.88 Å². The smallest absolute Gasteiger partial charge is 0.203 e. The molecule has 1 heterocycles. The third-order valence-electron chi connectivity index (χ3n) is 4.31. The Kier molecular flexibility index (Phi) is 4.20. The second-order valence-electron chi connectivity index (χ2n) is 5.94. The maximum absolute atomic E-state index is 6.34. The van der Waals surface area contributed by atoms with E-state index in [-0.39, 0.29) is 6.04 Å². The van der Waals surface area contributed by atoms with Crippen LogP contribution in [0.3, 0.4) is 0 Å². The second-order valence-corrected chi connectivity index (χ2v) is 6.34. The molecule has 2 aromatic rings. The van der Waals surface area contributed by atoms with Crippen LogP contribution in [0, 0.1) is 6.92 Å². The Labute approximate surface area is 131 Å². The van der Waals surface area contributed by atoms with Gasteiger partial charge in [-0.15, -0.1) is 0 Å². The summed E-state index contributed by atoms with van der Waals surface area (Å²) < 4.78 is 2.20. The van der Waals surface area contributed by atoms with Crippen molar-refractivity contribution in [2.45, 2.75) is 51.6 Å². The molecule has 0 spiro atoms. The van der Waals surface area contributed by atoms with Crippen molar-refractivity contribution < 1.29 is 0 Å². The van der Waals surface area contributed by atoms with Crippen molar-refractivity contribution in [2.24, 2.45) is 0 Å². The van der Waals surface area contributed by atoms with Gasteiger partial charge in [-0.2, -0.15) is 0 Å². The molecule has 1 aliphatic rings. The topological polar surface area (TPSA) is 29.9 Å². The van der Waals surface area contributed by atoms with E-state index in [1.54, 1.807) is 0 Å². The molecular formula is C17H22ClN3. The lowest BCUT2D eigenvalue weighted by molar-refractivity contribution is 0.630. The van der Waals surface area contributed by atoms with Crippen LogP contribution in [0.15, 0.2) is 30.5 Å². The summed E-state index contributed by atoms with van der Waals surface area (Å²) in [7, 11) is 0. The zero-order valence-corrected chi connectivity index (χ0v) is 13.4. The molecule has 0 bridgehead atoms. The van der Waals surface area contributed by atoms with Crippen LogP contribution < -0.4 is 5.32 Å². The van der Waals surface area contributed by atoms with Crippen molar-refractivity contribution in [3.05, 3.63) is 46.7 Å². The molecule has 1 unspecified atom stereocenters. The van der Waals surface area contributed by atoms with E-state index in [1.165, 1.54) is 25.7 Å². The zero-order chi connectivity index (χ0) is 14.8. The Hall–Kier alpha value is -1.48. The first-order chi connectivity index (χ1) is 10.1. The maximum atomic E-state index is 6.34. The fraction of sp³-hybridized carbons (Fsp3) is 0.471. The first kappa shape index (κ1) is 14.5. The van der Waals surface area contributed by atoms with Crippen molar-refractivity contribution in [1.82, 2.24) is 9.55 Å². The number of imidazole rings is 1. The van der Waals surface area contributed by atoms with E-state index in [0.29, 0.717) is 6.04 Å². The van der Waals surface area contributed by atoms with Gasteiger partial charge in [0.1, 0.15) is 0 Å². The summed E-state index contributed by atoms with van der Waals surface area (Å²) in [6, 6.07) is 8.76. The summed E-state index contributed by atoms with van der Waals surface area (Å²) in [4.78, 5) is 4.66. The summed E-state index contributed by atoms with van der Waals surface area (Å²) in [5, 5.41) is 4.42. The number of anilines is 1. The lowest BCUT2D eigenvalue weighted by atomic mass is 10.1. The molecule has 0 aliphatic heterocycles. The second kappa shape index (κ2) is 6.10. The van der Waals surface area contributed by atoms with Crippen molar-refractivity contribution in [3.63, 3.8) is 0 Å². The molecule has 3 nitrogen and oxygen atoms in total. The van der Waals surface area contributed by atoms with Gasteiger partial charge in [0.05, 0.1) is 11.7 Å². The van der Waals surface area contributed by atoms with Gasteiger partial charge in [-0.1, -0.05) is 42.6 Å². The van der Waals surface area contributed by atoms with E-state index < -0.39 is 0 Å². The minimum absolute atomic E-state index is 0.170. The standard InChI is InChI=1S/C17H22ClN3/c1-12-11-21(13(2)15-9-5-6-10-16(15)18)17(19-12)20-14-7-3-4-8-14/h5-6,9-11,13-14H,3-4,7-8H2,1-2H3,(H,19,20). The zero-order valence-electron chi connectivity index (χ0n) is 12.6. The third kappa shape index (κ3) is 3.08. The molecule has 0 amide bonds. The summed E-state index contributed by atoms with van der Waals surface area (Å²) in [6.07, 6.45) is 7.22. The third-order valence-corrected chi connectivity index (χ3v) is 4.66. The van der Waals surface area contributed by atoms with Crippen molar-refractivity contribution in [1.29, 1.82) is 0 Å². The number of rotatable bonds is 4. The van der Waals surface area contributed by atoms with Crippen LogP contribution in [-0.4, -0.2) is 15.6 Å². The number of halogens is 1. The van der Waals surface area contributed by atoms with E-state index >= 15 is 0 Å². The Morgan fingerprint density at radius 3 is 2.71 bits per heavy atom. The molecule has 0 radical (unpaired) electrons. The first-order valence-corrected chi connectivity index (χ1v) is 8.09. The summed E-state index contributed by atoms with van der Waals surface area (Å²) in [6.45, 7) is 4.21. The van der Waals surface area contributed by atoms with Gasteiger partial charge in [-0.3, -0.25) is 0 Å². The van der Waals surface area contributed by atoms with Gasteiger partial charge in [0.15, 0.2) is 0 Å². The van der Waals surface area contributed by atoms with Crippen LogP contribution >= 0.6 is 11.6 Å². The van der Waals surface area contributed by atoms with E-state index in [9.17, 15) is 0 Å². The highest BCUT2D eigenvalue weighted by atomic mass is 35.5. The molecule has 1 saturated carbocycles. The fourth-order valence-electron chi connectivity index (χ4n) is 3.13. The summed E-state index contributed by atoms with van der Waals surface area (Å²) in [5.74, 6) is 0.965. The van der Waals surface area contributed by atoms with E-state index in [1.807, 2.05) is 25.1 Å². The summed E-state index contributed by atoms with van der Waals surface area (Å²) in [5.41, 5.74) is 2.17. The molecule has 1 aromatic carbocycles. The minimum Gasteiger partial charge on any atom is -0.353 e. The number of aromatic nitrogens is 2.